The first-order valence-electron chi connectivity index (χ1n) is 8.54. The Morgan fingerprint density at radius 1 is 1.08 bits per heavy atom. The first-order chi connectivity index (χ1) is 12.7. The number of rotatable bonds is 5. The summed E-state index contributed by atoms with van der Waals surface area (Å²) in [7, 11) is 1.55. The van der Waals surface area contributed by atoms with Crippen molar-refractivity contribution in [1.82, 2.24) is 24.3 Å². The van der Waals surface area contributed by atoms with E-state index in [2.05, 4.69) is 38.5 Å². The molecule has 3 heterocycles. The van der Waals surface area contributed by atoms with Gasteiger partial charge in [0.15, 0.2) is 11.5 Å². The molecule has 0 saturated carbocycles. The topological polar surface area (TPSA) is 77.2 Å². The van der Waals surface area contributed by atoms with Crippen LogP contribution in [0.1, 0.15) is 13.8 Å². The lowest BCUT2D eigenvalue weighted by atomic mass is 10.2. The largest absolute Gasteiger partial charge is 0.467 e. The summed E-state index contributed by atoms with van der Waals surface area (Å²) < 4.78 is 7.15. The molecule has 0 atom stereocenters. The number of aromatic nitrogens is 5. The SMILES string of the molecule is COc1ncc(-c2cnc3c(NCC(C)C)nc4ccccc4n23)cn1. The molecule has 0 unspecified atom stereocenters. The molecular weight excluding hydrogens is 328 g/mol. The number of fused-ring (bicyclic) bond motifs is 3. The maximum absolute atomic E-state index is 5.05. The summed E-state index contributed by atoms with van der Waals surface area (Å²) in [4.78, 5) is 17.8. The predicted octanol–water partition coefficient (Wildman–Crippen LogP) is 3.42. The van der Waals surface area contributed by atoms with E-state index in [0.29, 0.717) is 11.9 Å². The Kier molecular flexibility index (Phi) is 4.12. The molecule has 132 valence electrons. The minimum absolute atomic E-state index is 0.341. The van der Waals surface area contributed by atoms with E-state index in [4.69, 9.17) is 9.72 Å². The third kappa shape index (κ3) is 2.81. The first-order valence-corrected chi connectivity index (χ1v) is 8.54. The summed E-state index contributed by atoms with van der Waals surface area (Å²) in [6.07, 6.45) is 5.31. The Balaban J connectivity index is 1.94. The van der Waals surface area contributed by atoms with Gasteiger partial charge >= 0.3 is 6.01 Å². The Morgan fingerprint density at radius 3 is 2.58 bits per heavy atom. The zero-order valence-corrected chi connectivity index (χ0v) is 15.0. The standard InChI is InChI=1S/C19H20N6O/c1-12(2)8-20-17-18-21-11-16(13-9-22-19(26-3)23-10-13)25(18)15-7-5-4-6-14(15)24-17/h4-7,9-12H,8H2,1-3H3,(H,20,24). The van der Waals surface area contributed by atoms with Crippen LogP contribution in [0.4, 0.5) is 5.82 Å². The Bertz CT molecular complexity index is 1050. The second-order valence-electron chi connectivity index (χ2n) is 6.48. The third-order valence-electron chi connectivity index (χ3n) is 4.11. The summed E-state index contributed by atoms with van der Waals surface area (Å²) in [5.41, 5.74) is 4.45. The van der Waals surface area contributed by atoms with Crippen LogP contribution in [0.5, 0.6) is 6.01 Å². The molecule has 0 aliphatic heterocycles. The highest BCUT2D eigenvalue weighted by molar-refractivity contribution is 5.86. The fraction of sp³-hybridized carbons (Fsp3) is 0.263. The molecule has 1 aromatic carbocycles. The van der Waals surface area contributed by atoms with Gasteiger partial charge in [-0.05, 0) is 18.1 Å². The van der Waals surface area contributed by atoms with Crippen molar-refractivity contribution in [3.05, 3.63) is 42.9 Å². The summed E-state index contributed by atoms with van der Waals surface area (Å²) in [5.74, 6) is 1.28. The lowest BCUT2D eigenvalue weighted by Crippen LogP contribution is -2.11. The van der Waals surface area contributed by atoms with E-state index < -0.39 is 0 Å². The molecule has 4 aromatic rings. The summed E-state index contributed by atoms with van der Waals surface area (Å²) >= 11 is 0. The number of nitrogens with zero attached hydrogens (tertiary/aromatic N) is 5. The molecule has 0 aliphatic rings. The monoisotopic (exact) mass is 348 g/mol. The Labute approximate surface area is 151 Å². The average Bonchev–Trinajstić information content (AvgIpc) is 3.11. The van der Waals surface area contributed by atoms with E-state index in [0.717, 1.165) is 40.3 Å². The van der Waals surface area contributed by atoms with Gasteiger partial charge in [-0.2, -0.15) is 0 Å². The molecule has 0 bridgehead atoms. The zero-order chi connectivity index (χ0) is 18.1. The number of nitrogens with one attached hydrogen (secondary N) is 1. The number of benzene rings is 1. The number of anilines is 1. The molecule has 0 aliphatic carbocycles. The zero-order valence-electron chi connectivity index (χ0n) is 15.0. The van der Waals surface area contributed by atoms with Gasteiger partial charge in [0.25, 0.3) is 0 Å². The first kappa shape index (κ1) is 16.3. The molecule has 0 radical (unpaired) electrons. The van der Waals surface area contributed by atoms with E-state index in [9.17, 15) is 0 Å². The van der Waals surface area contributed by atoms with Gasteiger partial charge in [-0.1, -0.05) is 26.0 Å². The molecule has 0 saturated heterocycles. The van der Waals surface area contributed by atoms with Gasteiger partial charge in [-0.15, -0.1) is 0 Å². The van der Waals surface area contributed by atoms with Gasteiger partial charge in [0.1, 0.15) is 0 Å². The Hall–Kier alpha value is -3.22. The van der Waals surface area contributed by atoms with E-state index in [1.807, 2.05) is 30.5 Å². The van der Waals surface area contributed by atoms with Crippen LogP contribution in [0.15, 0.2) is 42.9 Å². The second kappa shape index (κ2) is 6.59. The molecular formula is C19H20N6O. The Morgan fingerprint density at radius 2 is 1.85 bits per heavy atom. The van der Waals surface area contributed by atoms with Gasteiger partial charge in [0, 0.05) is 24.5 Å². The number of hydrogen-bond donors (Lipinski definition) is 1. The molecule has 3 aromatic heterocycles. The van der Waals surface area contributed by atoms with Crippen LogP contribution in [-0.4, -0.2) is 38.0 Å². The van der Waals surface area contributed by atoms with Crippen molar-refractivity contribution in [2.75, 3.05) is 19.0 Å². The van der Waals surface area contributed by atoms with Crippen molar-refractivity contribution in [1.29, 1.82) is 0 Å². The summed E-state index contributed by atoms with van der Waals surface area (Å²) in [6.45, 7) is 5.16. The quantitative estimate of drug-likeness (QED) is 0.595. The fourth-order valence-electron chi connectivity index (χ4n) is 2.86. The van der Waals surface area contributed by atoms with E-state index >= 15 is 0 Å². The van der Waals surface area contributed by atoms with Crippen LogP contribution in [0.3, 0.4) is 0 Å². The van der Waals surface area contributed by atoms with Crippen LogP contribution in [-0.2, 0) is 0 Å². The van der Waals surface area contributed by atoms with Crippen LogP contribution >= 0.6 is 0 Å². The lowest BCUT2D eigenvalue weighted by molar-refractivity contribution is 0.380. The summed E-state index contributed by atoms with van der Waals surface area (Å²) in [5, 5.41) is 3.42. The number of para-hydroxylation sites is 2. The minimum atomic E-state index is 0.341. The third-order valence-corrected chi connectivity index (χ3v) is 4.11. The molecule has 0 amide bonds. The molecule has 7 heteroatoms. The number of hydrogen-bond acceptors (Lipinski definition) is 6. The maximum Gasteiger partial charge on any atom is 0.316 e. The van der Waals surface area contributed by atoms with Crippen LogP contribution < -0.4 is 10.1 Å². The van der Waals surface area contributed by atoms with Crippen LogP contribution in [0.25, 0.3) is 27.9 Å². The smallest absolute Gasteiger partial charge is 0.316 e. The van der Waals surface area contributed by atoms with Crippen molar-refractivity contribution >= 4 is 22.5 Å². The maximum atomic E-state index is 5.05. The average molecular weight is 348 g/mol. The summed E-state index contributed by atoms with van der Waals surface area (Å²) in [6, 6.07) is 8.37. The van der Waals surface area contributed by atoms with E-state index in [1.165, 1.54) is 0 Å². The molecule has 0 fully saturated rings. The number of methoxy groups -OCH3 is 1. The normalized spacial score (nSPS) is 11.4. The minimum Gasteiger partial charge on any atom is -0.467 e. The van der Waals surface area contributed by atoms with Crippen molar-refractivity contribution in [3.8, 4) is 17.3 Å². The highest BCUT2D eigenvalue weighted by Crippen LogP contribution is 2.28. The number of ether oxygens (including phenoxy) is 1. The van der Waals surface area contributed by atoms with Gasteiger partial charge in [-0.25, -0.2) is 19.9 Å². The van der Waals surface area contributed by atoms with Crippen LogP contribution in [0.2, 0.25) is 0 Å². The van der Waals surface area contributed by atoms with Crippen molar-refractivity contribution in [2.45, 2.75) is 13.8 Å². The van der Waals surface area contributed by atoms with Crippen molar-refractivity contribution < 1.29 is 4.74 Å². The van der Waals surface area contributed by atoms with Crippen LogP contribution in [0, 0.1) is 5.92 Å². The van der Waals surface area contributed by atoms with Gasteiger partial charge in [-0.3, -0.25) is 4.40 Å². The van der Waals surface area contributed by atoms with Gasteiger partial charge in [0.05, 0.1) is 30.0 Å². The second-order valence-corrected chi connectivity index (χ2v) is 6.48. The molecule has 7 nitrogen and oxygen atoms in total. The van der Waals surface area contributed by atoms with Crippen molar-refractivity contribution in [2.24, 2.45) is 5.92 Å². The molecule has 4 rings (SSSR count). The van der Waals surface area contributed by atoms with Gasteiger partial charge < -0.3 is 10.1 Å². The predicted molar refractivity (Wildman–Crippen MR) is 101 cm³/mol. The van der Waals surface area contributed by atoms with Crippen molar-refractivity contribution in [3.63, 3.8) is 0 Å². The molecule has 26 heavy (non-hydrogen) atoms. The lowest BCUT2D eigenvalue weighted by Gasteiger charge is -2.12. The van der Waals surface area contributed by atoms with Gasteiger partial charge in [0.2, 0.25) is 0 Å². The molecule has 0 spiro atoms. The number of imidazole rings is 1. The van der Waals surface area contributed by atoms with E-state index in [1.54, 1.807) is 19.5 Å². The highest BCUT2D eigenvalue weighted by Gasteiger charge is 2.15. The fourth-order valence-corrected chi connectivity index (χ4v) is 2.86. The van der Waals surface area contributed by atoms with E-state index in [-0.39, 0.29) is 0 Å². The highest BCUT2D eigenvalue weighted by atomic mass is 16.5. The molecule has 1 N–H and O–H groups in total.